The molecule has 0 radical (unpaired) electrons. The monoisotopic (exact) mass is 559 g/mol. The van der Waals surface area contributed by atoms with Crippen molar-refractivity contribution in [2.24, 2.45) is 0 Å². The maximum atomic E-state index is 12.6. The molecule has 16 heteroatoms. The fourth-order valence-corrected chi connectivity index (χ4v) is 5.23. The number of nitrogens with zero attached hydrogens (tertiary/aromatic N) is 2. The number of aryl methyl sites for hydroxylation is 1. The molecule has 3 rings (SSSR count). The molecule has 0 aliphatic carbocycles. The van der Waals surface area contributed by atoms with Crippen LogP contribution >= 0.6 is 22.7 Å². The van der Waals surface area contributed by atoms with Gasteiger partial charge in [0.1, 0.15) is 11.6 Å². The Labute approximate surface area is 202 Å². The topological polar surface area (TPSA) is 98.2 Å². The zero-order valence-electron chi connectivity index (χ0n) is 17.5. The van der Waals surface area contributed by atoms with Crippen molar-refractivity contribution >= 4 is 43.5 Å². The minimum absolute atomic E-state index is 0.212. The summed E-state index contributed by atoms with van der Waals surface area (Å²) >= 11 is 2.18. The van der Waals surface area contributed by atoms with Gasteiger partial charge in [0.05, 0.1) is 34.2 Å². The van der Waals surface area contributed by atoms with Crippen molar-refractivity contribution in [2.75, 3.05) is 11.9 Å². The van der Waals surface area contributed by atoms with Gasteiger partial charge in [-0.2, -0.15) is 26.3 Å². The Hall–Kier alpha value is -2.56. The average molecular weight is 560 g/mol. The number of sulfone groups is 1. The van der Waals surface area contributed by atoms with Crippen LogP contribution < -0.4 is 5.32 Å². The van der Waals surface area contributed by atoms with Crippen LogP contribution in [0.1, 0.15) is 16.3 Å². The van der Waals surface area contributed by atoms with Gasteiger partial charge in [-0.15, -0.1) is 22.7 Å². The lowest BCUT2D eigenvalue weighted by Gasteiger charge is -2.08. The van der Waals surface area contributed by atoms with Crippen molar-refractivity contribution in [3.63, 3.8) is 0 Å². The predicted octanol–water partition coefficient (Wildman–Crippen LogP) is 5.13. The highest BCUT2D eigenvalue weighted by Gasteiger charge is 2.46. The van der Waals surface area contributed by atoms with Crippen molar-refractivity contribution in [1.82, 2.24) is 9.97 Å². The zero-order valence-corrected chi connectivity index (χ0v) is 20.0. The Bertz CT molecular complexity index is 1300. The second kappa shape index (κ2) is 10.2. The normalized spacial score (nSPS) is 12.7. The Balaban J connectivity index is 1.61. The van der Waals surface area contributed by atoms with Gasteiger partial charge >= 0.3 is 11.7 Å². The number of rotatable bonds is 8. The number of alkyl halides is 6. The SMILES string of the molecule is Cc1nc(COCC(F)(F)F)sc1-c1csc(NC(=O)Cc2ccc(S(=O)(=O)C(F)(F)F)cc2)n1. The van der Waals surface area contributed by atoms with E-state index in [0.29, 0.717) is 21.3 Å². The van der Waals surface area contributed by atoms with E-state index in [2.05, 4.69) is 20.0 Å². The highest BCUT2D eigenvalue weighted by Crippen LogP contribution is 2.33. The molecule has 0 bridgehead atoms. The molecule has 0 aliphatic rings. The molecule has 190 valence electrons. The summed E-state index contributed by atoms with van der Waals surface area (Å²) in [6.45, 7) is -0.0597. The molecule has 0 atom stereocenters. The number of hydrogen-bond acceptors (Lipinski definition) is 8. The van der Waals surface area contributed by atoms with E-state index in [1.807, 2.05) is 0 Å². The highest BCUT2D eigenvalue weighted by molar-refractivity contribution is 7.92. The van der Waals surface area contributed by atoms with Gasteiger partial charge in [0, 0.05) is 5.38 Å². The summed E-state index contributed by atoms with van der Waals surface area (Å²) < 4.78 is 102. The van der Waals surface area contributed by atoms with Crippen LogP contribution in [0.5, 0.6) is 0 Å². The van der Waals surface area contributed by atoms with E-state index in [1.54, 1.807) is 12.3 Å². The number of anilines is 1. The number of nitrogens with one attached hydrogen (secondary N) is 1. The maximum Gasteiger partial charge on any atom is 0.501 e. The summed E-state index contributed by atoms with van der Waals surface area (Å²) in [5, 5.41) is 4.69. The summed E-state index contributed by atoms with van der Waals surface area (Å²) in [7, 11) is -5.48. The summed E-state index contributed by atoms with van der Waals surface area (Å²) in [4.78, 5) is 20.4. The lowest BCUT2D eigenvalue weighted by atomic mass is 10.1. The molecule has 35 heavy (non-hydrogen) atoms. The third kappa shape index (κ3) is 6.99. The van der Waals surface area contributed by atoms with Gasteiger partial charge < -0.3 is 10.1 Å². The van der Waals surface area contributed by atoms with Crippen LogP contribution in [0.3, 0.4) is 0 Å². The van der Waals surface area contributed by atoms with E-state index in [9.17, 15) is 39.6 Å². The van der Waals surface area contributed by atoms with Crippen LogP contribution in [-0.2, 0) is 32.4 Å². The maximum absolute atomic E-state index is 12.6. The third-order valence-corrected chi connectivity index (χ3v) is 7.63. The third-order valence-electron chi connectivity index (χ3n) is 4.22. The molecule has 2 heterocycles. The van der Waals surface area contributed by atoms with Crippen molar-refractivity contribution < 1.29 is 44.3 Å². The molecule has 1 aromatic carbocycles. The second-order valence-electron chi connectivity index (χ2n) is 6.99. The Morgan fingerprint density at radius 2 is 1.74 bits per heavy atom. The minimum Gasteiger partial charge on any atom is -0.365 e. The van der Waals surface area contributed by atoms with Gasteiger partial charge in [0.2, 0.25) is 5.91 Å². The van der Waals surface area contributed by atoms with E-state index >= 15 is 0 Å². The lowest BCUT2D eigenvalue weighted by Crippen LogP contribution is -2.23. The fraction of sp³-hybridized carbons (Fsp3) is 0.316. The number of benzene rings is 1. The average Bonchev–Trinajstić information content (AvgIpc) is 3.32. The fourth-order valence-electron chi connectivity index (χ4n) is 2.71. The molecule has 7 nitrogen and oxygen atoms in total. The van der Waals surface area contributed by atoms with Gasteiger partial charge in [0.15, 0.2) is 5.13 Å². The highest BCUT2D eigenvalue weighted by atomic mass is 32.2. The Kier molecular flexibility index (Phi) is 7.88. The summed E-state index contributed by atoms with van der Waals surface area (Å²) in [6, 6.07) is 3.76. The molecular weight excluding hydrogens is 544 g/mol. The molecule has 0 aliphatic heterocycles. The van der Waals surface area contributed by atoms with Gasteiger partial charge in [-0.25, -0.2) is 18.4 Å². The van der Waals surface area contributed by atoms with Crippen LogP contribution in [0.2, 0.25) is 0 Å². The van der Waals surface area contributed by atoms with Gasteiger partial charge in [0.25, 0.3) is 9.84 Å². The molecule has 0 saturated heterocycles. The second-order valence-corrected chi connectivity index (χ2v) is 10.9. The molecule has 0 spiro atoms. The van der Waals surface area contributed by atoms with Gasteiger partial charge in [-0.3, -0.25) is 4.79 Å². The largest absolute Gasteiger partial charge is 0.501 e. The first-order valence-corrected chi connectivity index (χ1v) is 12.6. The molecule has 3 aromatic rings. The summed E-state index contributed by atoms with van der Waals surface area (Å²) in [6.07, 6.45) is -4.69. The van der Waals surface area contributed by atoms with Crippen molar-refractivity contribution in [2.45, 2.75) is 36.5 Å². The van der Waals surface area contributed by atoms with Crippen LogP contribution in [0.25, 0.3) is 10.6 Å². The number of ether oxygens (including phenoxy) is 1. The van der Waals surface area contributed by atoms with Crippen molar-refractivity contribution in [1.29, 1.82) is 0 Å². The molecule has 2 aromatic heterocycles. The summed E-state index contributed by atoms with van der Waals surface area (Å²) in [5.74, 6) is -0.542. The predicted molar refractivity (Wildman–Crippen MR) is 116 cm³/mol. The van der Waals surface area contributed by atoms with Gasteiger partial charge in [-0.05, 0) is 24.6 Å². The van der Waals surface area contributed by atoms with E-state index in [1.165, 1.54) is 0 Å². The van der Waals surface area contributed by atoms with Crippen molar-refractivity contribution in [3.05, 3.63) is 45.9 Å². The first-order valence-electron chi connectivity index (χ1n) is 9.42. The first kappa shape index (κ1) is 27.0. The molecule has 1 amide bonds. The van der Waals surface area contributed by atoms with E-state index in [0.717, 1.165) is 46.9 Å². The number of thiazole rings is 2. The Morgan fingerprint density at radius 3 is 2.34 bits per heavy atom. The first-order chi connectivity index (χ1) is 16.2. The van der Waals surface area contributed by atoms with E-state index in [4.69, 9.17) is 0 Å². The number of carbonyl (C=O) groups is 1. The van der Waals surface area contributed by atoms with Gasteiger partial charge in [-0.1, -0.05) is 12.1 Å². The van der Waals surface area contributed by atoms with E-state index in [-0.39, 0.29) is 23.7 Å². The number of aromatic nitrogens is 2. The number of hydrogen-bond donors (Lipinski definition) is 1. The number of amides is 1. The molecule has 0 fully saturated rings. The van der Waals surface area contributed by atoms with Crippen LogP contribution in [-0.4, -0.2) is 42.6 Å². The lowest BCUT2D eigenvalue weighted by molar-refractivity contribution is -0.176. The number of carbonyl (C=O) groups excluding carboxylic acids is 1. The van der Waals surface area contributed by atoms with Crippen LogP contribution in [0.15, 0.2) is 34.5 Å². The number of halogens is 6. The molecule has 1 N–H and O–H groups in total. The van der Waals surface area contributed by atoms with Crippen LogP contribution in [0, 0.1) is 6.92 Å². The van der Waals surface area contributed by atoms with E-state index < -0.39 is 38.9 Å². The zero-order chi connectivity index (χ0) is 26.0. The molecular formula is C19H15F6N3O4S3. The summed E-state index contributed by atoms with van der Waals surface area (Å²) in [5.41, 5.74) is -4.18. The van der Waals surface area contributed by atoms with Crippen molar-refractivity contribution in [3.8, 4) is 10.6 Å². The Morgan fingerprint density at radius 1 is 1.09 bits per heavy atom. The quantitative estimate of drug-likeness (QED) is 0.385. The minimum atomic E-state index is -5.48. The molecule has 0 unspecified atom stereocenters. The van der Waals surface area contributed by atoms with Crippen LogP contribution in [0.4, 0.5) is 31.5 Å². The standard InChI is InChI=1S/C19H15F6N3O4S3/c1-10-16(34-15(26-10)7-32-9-18(20,21)22)13-8-33-17(27-13)28-14(29)6-11-2-4-12(5-3-11)35(30,31)19(23,24)25/h2-5,8H,6-7,9H2,1H3,(H,27,28,29). The molecule has 0 saturated carbocycles. The smallest absolute Gasteiger partial charge is 0.365 e.